The molecule has 0 saturated heterocycles. The second kappa shape index (κ2) is 5.03. The summed E-state index contributed by atoms with van der Waals surface area (Å²) in [6, 6.07) is 0. The van der Waals surface area contributed by atoms with E-state index in [4.69, 9.17) is 17.2 Å². The first-order valence-corrected chi connectivity index (χ1v) is 2.78. The first-order valence-electron chi connectivity index (χ1n) is 2.78. The first-order chi connectivity index (χ1) is 3.85. The maximum Gasteiger partial charge on any atom is -0.00336 e. The number of nitrogens with two attached hydrogens (primary N) is 3. The number of hydrogen-bond donors (Lipinski definition) is 3. The summed E-state index contributed by atoms with van der Waals surface area (Å²) < 4.78 is 0. The second-order valence-electron chi connectivity index (χ2n) is 1.70. The predicted octanol–water partition coefficient (Wildman–Crippen LogP) is -1.32. The average molecular weight is 116 g/mol. The zero-order valence-electron chi connectivity index (χ0n) is 5.01. The van der Waals surface area contributed by atoms with Crippen molar-refractivity contribution >= 4 is 0 Å². The molecule has 6 N–H and O–H groups in total. The van der Waals surface area contributed by atoms with Crippen molar-refractivity contribution in [2.45, 2.75) is 0 Å². The Bertz CT molecular complexity index is 42.9. The third-order valence-electron chi connectivity index (χ3n) is 1.07. The minimum atomic E-state index is 0.306. The van der Waals surface area contributed by atoms with Gasteiger partial charge in [0.2, 0.25) is 0 Å². The van der Waals surface area contributed by atoms with Gasteiger partial charge in [-0.25, -0.2) is 0 Å². The maximum absolute atomic E-state index is 5.30. The van der Waals surface area contributed by atoms with Crippen molar-refractivity contribution in [1.82, 2.24) is 0 Å². The molecule has 0 atom stereocenters. The molecule has 0 fully saturated rings. The van der Waals surface area contributed by atoms with Crippen LogP contribution in [0.15, 0.2) is 0 Å². The monoisotopic (exact) mass is 116 g/mol. The van der Waals surface area contributed by atoms with E-state index < -0.39 is 0 Å². The Morgan fingerprint density at radius 3 is 1.75 bits per heavy atom. The Hall–Kier alpha value is -0.120. The van der Waals surface area contributed by atoms with Gasteiger partial charge in [0.05, 0.1) is 0 Å². The van der Waals surface area contributed by atoms with E-state index in [0.29, 0.717) is 25.6 Å². The summed E-state index contributed by atoms with van der Waals surface area (Å²) >= 11 is 0. The summed E-state index contributed by atoms with van der Waals surface area (Å²) in [4.78, 5) is 0. The molecule has 1 radical (unpaired) electrons. The molecule has 3 heteroatoms. The Morgan fingerprint density at radius 1 is 1.12 bits per heavy atom. The molecular formula is C5H14N3. The topological polar surface area (TPSA) is 78.1 Å². The van der Waals surface area contributed by atoms with E-state index in [1.165, 1.54) is 0 Å². The smallest absolute Gasteiger partial charge is 0.00336 e. The number of hydrogen-bond acceptors (Lipinski definition) is 3. The Morgan fingerprint density at radius 2 is 1.62 bits per heavy atom. The van der Waals surface area contributed by atoms with Crippen LogP contribution in [0.4, 0.5) is 0 Å². The lowest BCUT2D eigenvalue weighted by Gasteiger charge is -2.07. The average Bonchev–Trinajstić information content (AvgIpc) is 1.83. The van der Waals surface area contributed by atoms with Crippen molar-refractivity contribution in [1.29, 1.82) is 0 Å². The molecule has 0 bridgehead atoms. The van der Waals surface area contributed by atoms with Gasteiger partial charge in [0.15, 0.2) is 0 Å². The SMILES string of the molecule is NC[CH]C(CN)CN. The van der Waals surface area contributed by atoms with E-state index >= 15 is 0 Å². The molecule has 0 aliphatic carbocycles. The fourth-order valence-electron chi connectivity index (χ4n) is 0.481. The Balaban J connectivity index is 3.07. The number of rotatable bonds is 4. The fraction of sp³-hybridized carbons (Fsp3) is 0.800. The van der Waals surface area contributed by atoms with E-state index in [1.54, 1.807) is 0 Å². The van der Waals surface area contributed by atoms with Crippen molar-refractivity contribution < 1.29 is 0 Å². The van der Waals surface area contributed by atoms with Crippen molar-refractivity contribution in [3.05, 3.63) is 6.42 Å². The van der Waals surface area contributed by atoms with E-state index in [1.807, 2.05) is 6.42 Å². The van der Waals surface area contributed by atoms with Crippen molar-refractivity contribution in [2.75, 3.05) is 19.6 Å². The van der Waals surface area contributed by atoms with Crippen molar-refractivity contribution in [2.24, 2.45) is 23.1 Å². The molecule has 8 heavy (non-hydrogen) atoms. The summed E-state index contributed by atoms with van der Waals surface area (Å²) in [7, 11) is 0. The van der Waals surface area contributed by atoms with Crippen LogP contribution in [0.1, 0.15) is 0 Å². The summed E-state index contributed by atoms with van der Waals surface area (Å²) in [5.74, 6) is 0.306. The van der Waals surface area contributed by atoms with Crippen LogP contribution in [0.2, 0.25) is 0 Å². The van der Waals surface area contributed by atoms with Crippen LogP contribution in [0, 0.1) is 12.3 Å². The molecule has 0 spiro atoms. The van der Waals surface area contributed by atoms with Gasteiger partial charge in [0, 0.05) is 0 Å². The van der Waals surface area contributed by atoms with Gasteiger partial charge in [-0.1, -0.05) is 0 Å². The van der Waals surface area contributed by atoms with Crippen LogP contribution >= 0.6 is 0 Å². The highest BCUT2D eigenvalue weighted by molar-refractivity contribution is 4.77. The van der Waals surface area contributed by atoms with E-state index in [9.17, 15) is 0 Å². The summed E-state index contributed by atoms with van der Waals surface area (Å²) in [6.07, 6.45) is 1.93. The Kier molecular flexibility index (Phi) is 4.95. The predicted molar refractivity (Wildman–Crippen MR) is 35.0 cm³/mol. The van der Waals surface area contributed by atoms with E-state index in [2.05, 4.69) is 0 Å². The first kappa shape index (κ1) is 7.88. The third-order valence-corrected chi connectivity index (χ3v) is 1.07. The lowest BCUT2D eigenvalue weighted by Crippen LogP contribution is -2.26. The molecule has 0 aromatic heterocycles. The van der Waals surface area contributed by atoms with Crippen LogP contribution < -0.4 is 17.2 Å². The van der Waals surface area contributed by atoms with Crippen LogP contribution in [0.3, 0.4) is 0 Å². The van der Waals surface area contributed by atoms with Gasteiger partial charge >= 0.3 is 0 Å². The highest BCUT2D eigenvalue weighted by atomic mass is 14.6. The molecule has 0 aromatic carbocycles. The molecular weight excluding hydrogens is 102 g/mol. The van der Waals surface area contributed by atoms with Gasteiger partial charge in [-0.05, 0) is 32.0 Å². The van der Waals surface area contributed by atoms with Gasteiger partial charge in [0.25, 0.3) is 0 Å². The fourth-order valence-corrected chi connectivity index (χ4v) is 0.481. The molecule has 0 aliphatic rings. The minimum absolute atomic E-state index is 0.306. The molecule has 0 unspecified atom stereocenters. The van der Waals surface area contributed by atoms with Gasteiger partial charge in [-0.15, -0.1) is 0 Å². The standard InChI is InChI=1S/C5H14N3/c6-2-1-5(3-7)4-8/h1,5H,2-4,6-8H2. The summed E-state index contributed by atoms with van der Waals surface area (Å²) in [5, 5.41) is 0. The summed E-state index contributed by atoms with van der Waals surface area (Å²) in [6.45, 7) is 1.78. The van der Waals surface area contributed by atoms with E-state index in [0.717, 1.165) is 0 Å². The molecule has 0 aliphatic heterocycles. The molecule has 0 heterocycles. The van der Waals surface area contributed by atoms with E-state index in [-0.39, 0.29) is 0 Å². The lowest BCUT2D eigenvalue weighted by molar-refractivity contribution is 0.618. The molecule has 0 amide bonds. The van der Waals surface area contributed by atoms with Gasteiger partial charge in [0.1, 0.15) is 0 Å². The van der Waals surface area contributed by atoms with Gasteiger partial charge in [-0.2, -0.15) is 0 Å². The highest BCUT2D eigenvalue weighted by Gasteiger charge is 2.00. The molecule has 49 valence electrons. The quantitative estimate of drug-likeness (QED) is 0.426. The Labute approximate surface area is 50.2 Å². The van der Waals surface area contributed by atoms with Crippen molar-refractivity contribution in [3.8, 4) is 0 Å². The van der Waals surface area contributed by atoms with Crippen LogP contribution in [0.25, 0.3) is 0 Å². The zero-order chi connectivity index (χ0) is 6.41. The minimum Gasteiger partial charge on any atom is -0.330 e. The van der Waals surface area contributed by atoms with Crippen LogP contribution in [-0.4, -0.2) is 19.6 Å². The largest absolute Gasteiger partial charge is 0.330 e. The lowest BCUT2D eigenvalue weighted by atomic mass is 10.1. The highest BCUT2D eigenvalue weighted by Crippen LogP contribution is 1.92. The molecule has 0 rings (SSSR count). The zero-order valence-corrected chi connectivity index (χ0v) is 5.01. The molecule has 0 saturated carbocycles. The summed E-state index contributed by atoms with van der Waals surface area (Å²) in [5.41, 5.74) is 15.8. The van der Waals surface area contributed by atoms with Gasteiger partial charge in [-0.3, -0.25) is 0 Å². The third kappa shape index (κ3) is 2.96. The maximum atomic E-state index is 5.30. The molecule has 3 nitrogen and oxygen atoms in total. The van der Waals surface area contributed by atoms with Crippen LogP contribution in [-0.2, 0) is 0 Å². The second-order valence-corrected chi connectivity index (χ2v) is 1.70. The molecule has 0 aromatic rings. The normalized spacial score (nSPS) is 10.5. The van der Waals surface area contributed by atoms with Gasteiger partial charge < -0.3 is 17.2 Å². The van der Waals surface area contributed by atoms with Crippen LogP contribution in [0.5, 0.6) is 0 Å². The van der Waals surface area contributed by atoms with Crippen molar-refractivity contribution in [3.63, 3.8) is 0 Å².